The Morgan fingerprint density at radius 3 is 0.857 bits per heavy atom. The molecule has 0 aliphatic heterocycles. The van der Waals surface area contributed by atoms with Gasteiger partial charge in [0.15, 0.2) is 0 Å². The Morgan fingerprint density at radius 1 is 0.405 bits per heavy atom. The molecule has 12 aromatic rings. The molecule has 33 heteroatoms. The van der Waals surface area contributed by atoms with Crippen LogP contribution in [0.1, 0.15) is 190 Å². The molecule has 126 heavy (non-hydrogen) atoms. The van der Waals surface area contributed by atoms with Crippen LogP contribution in [0, 0.1) is 56.3 Å². The lowest BCUT2D eigenvalue weighted by Gasteiger charge is -2.27. The Bertz CT molecular complexity index is 5830. The fourth-order valence-corrected chi connectivity index (χ4v) is 24.1. The van der Waals surface area contributed by atoms with E-state index in [-0.39, 0.29) is 54.1 Å². The highest BCUT2D eigenvalue weighted by Crippen LogP contribution is 2.51. The number of carboxylic acids is 3. The number of aryl methyl sites for hydroxylation is 3. The van der Waals surface area contributed by atoms with E-state index in [4.69, 9.17) is 41.7 Å². The number of carbonyl (C=O) groups is 3. The van der Waals surface area contributed by atoms with Gasteiger partial charge in [0.2, 0.25) is 17.7 Å². The highest BCUT2D eigenvalue weighted by molar-refractivity contribution is 7.22. The Morgan fingerprint density at radius 2 is 0.643 bits per heavy atom. The first-order valence-corrected chi connectivity index (χ1v) is 45.4. The Labute approximate surface area is 735 Å². The van der Waals surface area contributed by atoms with Gasteiger partial charge in [0.25, 0.3) is 16.7 Å². The van der Waals surface area contributed by atoms with Crippen LogP contribution in [0.4, 0.5) is 0 Å². The standard InChI is InChI=1S/3C31H35N3O7S/c3*1-17-24-27(35)34(31(2,3)29(36)37)30(38)33(28(24)42-25(17)26-32-12-13-40-26)16-23(21-10-5-6-11-22(21)39-4)41-20-14-18-8-7-9-19(18)15-20/h3*5-6,10-13,18-20,23H,7-9,14-16H2,1-4H3,(H,36,37)/t2*18-,19+,20?,23-;18-,19-,23+/m110/s1. The first kappa shape index (κ1) is 88.3. The van der Waals surface area contributed by atoms with E-state index in [1.807, 2.05) is 72.8 Å². The summed E-state index contributed by atoms with van der Waals surface area (Å²) in [6.45, 7) is 13.6. The number of hydrogen-bond donors (Lipinski definition) is 3. The van der Waals surface area contributed by atoms with Crippen molar-refractivity contribution in [3.8, 4) is 49.6 Å². The van der Waals surface area contributed by atoms with Gasteiger partial charge in [-0.2, -0.15) is 0 Å². The summed E-state index contributed by atoms with van der Waals surface area (Å²) in [6, 6.07) is 22.7. The lowest BCUT2D eigenvalue weighted by molar-refractivity contribution is -0.146. The van der Waals surface area contributed by atoms with Gasteiger partial charge in [0.1, 0.15) is 85.5 Å². The molecule has 18 rings (SSSR count). The molecule has 6 aliphatic carbocycles. The third-order valence-corrected chi connectivity index (χ3v) is 31.1. The highest BCUT2D eigenvalue weighted by atomic mass is 32.1. The first-order valence-electron chi connectivity index (χ1n) is 43.0. The van der Waals surface area contributed by atoms with Crippen LogP contribution in [0.5, 0.6) is 17.2 Å². The van der Waals surface area contributed by atoms with Gasteiger partial charge in [-0.3, -0.25) is 28.1 Å². The van der Waals surface area contributed by atoms with Gasteiger partial charge in [-0.15, -0.1) is 34.0 Å². The average molecular weight is 1780 g/mol. The molecule has 0 radical (unpaired) electrons. The summed E-state index contributed by atoms with van der Waals surface area (Å²) in [4.78, 5) is 137. The Hall–Kier alpha value is -11.1. The minimum Gasteiger partial charge on any atom is -0.496 e. The molecule has 0 saturated heterocycles. The van der Waals surface area contributed by atoms with Crippen LogP contribution >= 0.6 is 34.0 Å². The minimum atomic E-state index is -1.80. The summed E-state index contributed by atoms with van der Waals surface area (Å²) in [5.74, 6) is 2.95. The first-order chi connectivity index (χ1) is 60.3. The van der Waals surface area contributed by atoms with E-state index in [2.05, 4.69) is 15.0 Å². The molecule has 30 nitrogen and oxygen atoms in total. The molecular formula is C93H105N9O21S3. The molecule has 11 atom stereocenters. The van der Waals surface area contributed by atoms with Gasteiger partial charge in [0.05, 0.1) is 109 Å². The van der Waals surface area contributed by atoms with Crippen LogP contribution in [0.3, 0.4) is 0 Å². The zero-order valence-electron chi connectivity index (χ0n) is 72.5. The number of fused-ring (bicyclic) bond motifs is 6. The van der Waals surface area contributed by atoms with Crippen LogP contribution < -0.4 is 48.0 Å². The third-order valence-electron chi connectivity index (χ3n) is 27.2. The molecule has 6 fully saturated rings. The van der Waals surface area contributed by atoms with Crippen molar-refractivity contribution in [2.45, 2.75) is 232 Å². The molecule has 3 N–H and O–H groups in total. The van der Waals surface area contributed by atoms with E-state index in [1.165, 1.54) is 184 Å². The number of nitrogens with zero attached hydrogens (tertiary/aromatic N) is 9. The predicted octanol–water partition coefficient (Wildman–Crippen LogP) is 16.1. The molecule has 6 saturated carbocycles. The van der Waals surface area contributed by atoms with Crippen LogP contribution in [0.15, 0.2) is 152 Å². The second-order valence-electron chi connectivity index (χ2n) is 35.6. The zero-order chi connectivity index (χ0) is 89.3. The van der Waals surface area contributed by atoms with Crippen LogP contribution in [-0.4, -0.2) is 115 Å². The molecule has 666 valence electrons. The van der Waals surface area contributed by atoms with Crippen molar-refractivity contribution in [1.29, 1.82) is 0 Å². The largest absolute Gasteiger partial charge is 0.496 e. The molecule has 3 aromatic carbocycles. The summed E-state index contributed by atoms with van der Waals surface area (Å²) in [5.41, 5.74) is -5.46. The van der Waals surface area contributed by atoms with Gasteiger partial charge < -0.3 is 57.0 Å². The number of benzene rings is 3. The summed E-state index contributed by atoms with van der Waals surface area (Å²) in [6.07, 6.45) is 24.1. The molecule has 9 aromatic heterocycles. The van der Waals surface area contributed by atoms with E-state index in [1.54, 1.807) is 42.1 Å². The smallest absolute Gasteiger partial charge is 0.333 e. The summed E-state index contributed by atoms with van der Waals surface area (Å²) >= 11 is 3.68. The van der Waals surface area contributed by atoms with Crippen molar-refractivity contribution in [1.82, 2.24) is 42.4 Å². The van der Waals surface area contributed by atoms with Crippen molar-refractivity contribution in [3.05, 3.63) is 206 Å². The molecular weight excluding hydrogens is 1680 g/mol. The van der Waals surface area contributed by atoms with E-state index < -0.39 is 86.6 Å². The van der Waals surface area contributed by atoms with E-state index >= 15 is 0 Å². The third kappa shape index (κ3) is 16.3. The van der Waals surface area contributed by atoms with Crippen LogP contribution in [-0.2, 0) is 64.8 Å². The fourth-order valence-electron chi connectivity index (χ4n) is 20.4. The molecule has 0 amide bonds. The molecule has 2 unspecified atom stereocenters. The monoisotopic (exact) mass is 1780 g/mol. The molecule has 9 heterocycles. The van der Waals surface area contributed by atoms with Gasteiger partial charge in [-0.05, 0) is 171 Å². The molecule has 0 spiro atoms. The number of ether oxygens (including phenoxy) is 6. The SMILES string of the molecule is COc1ccccc1[C@@H](Cn1c(=O)n(C(C)(C)C(=O)O)c(=O)c2c(C)c(-c3ncco3)sc21)OC1C[C@@H]2CCC[C@H]2C1.COc1ccccc1[C@@H](Cn1c(=O)n(C(C)(C)C(=O)O)c(=O)c2c(C)c(-c3ncco3)sc21)OC1C[C@H]2CCC[C@H]2C1.COc1ccccc1[C@@H](Cn1c(=O)n(C(C)(C)C(=O)O)c(=O)c2c(C)c(-c3ncco3)sc21)OC1C[C@H]2CCC[C@H]2C1. The van der Waals surface area contributed by atoms with Crippen molar-refractivity contribution in [2.24, 2.45) is 35.5 Å². The number of hydrogen-bond acceptors (Lipinski definition) is 24. The van der Waals surface area contributed by atoms with Crippen molar-refractivity contribution >= 4 is 82.6 Å². The maximum absolute atomic E-state index is 14.2. The van der Waals surface area contributed by atoms with Crippen molar-refractivity contribution in [3.63, 3.8) is 0 Å². The number of carboxylic acid groups (broad SMARTS) is 3. The number of para-hydroxylation sites is 3. The summed E-state index contributed by atoms with van der Waals surface area (Å²) in [5, 5.41) is 31.0. The van der Waals surface area contributed by atoms with Crippen LogP contribution in [0.25, 0.3) is 63.0 Å². The quantitative estimate of drug-likeness (QED) is 0.0430. The maximum atomic E-state index is 14.2. The lowest BCUT2D eigenvalue weighted by Crippen LogP contribution is -2.52. The van der Waals surface area contributed by atoms with E-state index in [9.17, 15) is 58.5 Å². The Balaban J connectivity index is 0.000000139. The number of aromatic nitrogens is 9. The molecule has 0 bridgehead atoms. The Kier molecular flexibility index (Phi) is 25.0. The summed E-state index contributed by atoms with van der Waals surface area (Å²) < 4.78 is 61.2. The summed E-state index contributed by atoms with van der Waals surface area (Å²) in [7, 11) is 4.79. The predicted molar refractivity (Wildman–Crippen MR) is 475 cm³/mol. The van der Waals surface area contributed by atoms with Crippen LogP contribution in [0.2, 0.25) is 0 Å². The van der Waals surface area contributed by atoms with Gasteiger partial charge in [-0.1, -0.05) is 112 Å². The van der Waals surface area contributed by atoms with Gasteiger partial charge >= 0.3 is 35.0 Å². The van der Waals surface area contributed by atoms with Gasteiger partial charge in [0, 0.05) is 16.7 Å². The van der Waals surface area contributed by atoms with Crippen molar-refractivity contribution < 1.29 is 71.4 Å². The van der Waals surface area contributed by atoms with E-state index in [0.29, 0.717) is 116 Å². The highest BCUT2D eigenvalue weighted by Gasteiger charge is 2.46. The topological polar surface area (TPSA) is 377 Å². The second kappa shape index (κ2) is 35.6. The number of rotatable bonds is 27. The second-order valence-corrected chi connectivity index (χ2v) is 38.6. The normalized spacial score (nSPS) is 20.7. The van der Waals surface area contributed by atoms with E-state index in [0.717, 1.165) is 68.9 Å². The zero-order valence-corrected chi connectivity index (χ0v) is 74.9. The average Bonchev–Trinajstić information content (AvgIpc) is 1.68. The lowest BCUT2D eigenvalue weighted by atomic mass is 10.0. The molecule has 6 aliphatic rings. The number of oxazole rings is 3. The van der Waals surface area contributed by atoms with Gasteiger partial charge in [-0.25, -0.2) is 57.4 Å². The minimum absolute atomic E-state index is 0.0238. The fraction of sp³-hybridized carbons (Fsp3) is 0.484. The number of aliphatic carboxylic acids is 3. The maximum Gasteiger partial charge on any atom is 0.333 e. The number of thiophene rings is 3. The number of methoxy groups -OCH3 is 3. The van der Waals surface area contributed by atoms with Crippen molar-refractivity contribution in [2.75, 3.05) is 21.3 Å².